The number of hydrogen-bond acceptors (Lipinski definition) is 5. The van der Waals surface area contributed by atoms with E-state index < -0.39 is 0 Å². The molecule has 0 spiro atoms. The van der Waals surface area contributed by atoms with E-state index in [1.165, 1.54) is 0 Å². The smallest absolute Gasteiger partial charge is 0.251 e. The lowest BCUT2D eigenvalue weighted by Gasteiger charge is -2.36. The van der Waals surface area contributed by atoms with Crippen molar-refractivity contribution in [2.24, 2.45) is 0 Å². The number of para-hydroxylation sites is 2. The lowest BCUT2D eigenvalue weighted by Crippen LogP contribution is -2.48. The van der Waals surface area contributed by atoms with Crippen LogP contribution >= 0.6 is 0 Å². The van der Waals surface area contributed by atoms with Crippen LogP contribution in [0.2, 0.25) is 0 Å². The fraction of sp³-hybridized carbons (Fsp3) is 0.333. The highest BCUT2D eigenvalue weighted by Gasteiger charge is 2.19. The van der Waals surface area contributed by atoms with Crippen LogP contribution in [-0.4, -0.2) is 57.2 Å². The number of carbonyl (C=O) groups is 1. The zero-order valence-corrected chi connectivity index (χ0v) is 15.5. The van der Waals surface area contributed by atoms with Gasteiger partial charge in [-0.3, -0.25) is 9.69 Å². The van der Waals surface area contributed by atoms with Crippen LogP contribution in [-0.2, 0) is 0 Å². The van der Waals surface area contributed by atoms with Crippen molar-refractivity contribution in [2.75, 3.05) is 51.3 Å². The molecule has 6 heteroatoms. The van der Waals surface area contributed by atoms with E-state index in [1.54, 1.807) is 31.4 Å². The number of carbonyl (C=O) groups excluding carboxylic acids is 1. The summed E-state index contributed by atoms with van der Waals surface area (Å²) in [6.45, 7) is 5.14. The van der Waals surface area contributed by atoms with Crippen molar-refractivity contribution in [3.63, 3.8) is 0 Å². The number of amides is 1. The van der Waals surface area contributed by atoms with Crippen molar-refractivity contribution >= 4 is 11.6 Å². The molecule has 1 saturated heterocycles. The summed E-state index contributed by atoms with van der Waals surface area (Å²) in [6, 6.07) is 16.9. The Morgan fingerprint density at radius 1 is 1.15 bits per heavy atom. The molecule has 1 aliphatic rings. The van der Waals surface area contributed by atoms with Crippen LogP contribution in [0.4, 0.5) is 5.69 Å². The Morgan fingerprint density at radius 3 is 2.67 bits per heavy atom. The van der Waals surface area contributed by atoms with Gasteiger partial charge in [0.05, 0.1) is 24.4 Å². The highest BCUT2D eigenvalue weighted by molar-refractivity contribution is 5.94. The number of rotatable bonds is 6. The second kappa shape index (κ2) is 9.06. The first kappa shape index (κ1) is 18.7. The number of nitrogens with zero attached hydrogens (tertiary/aromatic N) is 3. The topological polar surface area (TPSA) is 68.6 Å². The molecule has 27 heavy (non-hydrogen) atoms. The Balaban J connectivity index is 1.44. The van der Waals surface area contributed by atoms with Crippen LogP contribution in [0.25, 0.3) is 0 Å². The van der Waals surface area contributed by atoms with Gasteiger partial charge in [0.25, 0.3) is 5.91 Å². The van der Waals surface area contributed by atoms with Gasteiger partial charge < -0.3 is 15.0 Å². The quantitative estimate of drug-likeness (QED) is 0.850. The van der Waals surface area contributed by atoms with Crippen molar-refractivity contribution in [1.29, 1.82) is 5.26 Å². The minimum absolute atomic E-state index is 0.139. The van der Waals surface area contributed by atoms with E-state index in [-0.39, 0.29) is 5.91 Å². The van der Waals surface area contributed by atoms with Crippen LogP contribution < -0.4 is 15.0 Å². The number of hydrogen-bond donors (Lipinski definition) is 1. The number of benzene rings is 2. The van der Waals surface area contributed by atoms with Gasteiger partial charge in [-0.05, 0) is 30.3 Å². The van der Waals surface area contributed by atoms with Gasteiger partial charge in [-0.25, -0.2) is 0 Å². The fourth-order valence-corrected chi connectivity index (χ4v) is 3.26. The molecule has 0 unspecified atom stereocenters. The first-order valence-electron chi connectivity index (χ1n) is 9.10. The van der Waals surface area contributed by atoms with E-state index in [0.717, 1.165) is 44.2 Å². The standard InChI is InChI=1S/C21H24N4O2/c1-27-20-8-3-2-7-19(20)25-13-11-24(12-14-25)10-9-23-21(26)18-6-4-5-17(15-18)16-22/h2-8,15H,9-14H2,1H3,(H,23,26). The van der Waals surface area contributed by atoms with Crippen molar-refractivity contribution in [2.45, 2.75) is 0 Å². The molecule has 0 saturated carbocycles. The number of ether oxygens (including phenoxy) is 1. The molecule has 2 aromatic rings. The number of nitrogens with one attached hydrogen (secondary N) is 1. The van der Waals surface area contributed by atoms with E-state index in [1.807, 2.05) is 18.2 Å². The first-order valence-corrected chi connectivity index (χ1v) is 9.10. The fourth-order valence-electron chi connectivity index (χ4n) is 3.26. The molecule has 0 atom stereocenters. The predicted octanol–water partition coefficient (Wildman–Crippen LogP) is 2.12. The minimum Gasteiger partial charge on any atom is -0.495 e. The molecule has 0 radical (unpaired) electrons. The molecule has 0 aliphatic carbocycles. The van der Waals surface area contributed by atoms with Crippen molar-refractivity contribution in [3.8, 4) is 11.8 Å². The Labute approximate surface area is 160 Å². The number of methoxy groups -OCH3 is 1. The van der Waals surface area contributed by atoms with Crippen molar-refractivity contribution < 1.29 is 9.53 Å². The summed E-state index contributed by atoms with van der Waals surface area (Å²) < 4.78 is 5.45. The molecule has 1 aliphatic heterocycles. The van der Waals surface area contributed by atoms with Crippen LogP contribution in [0.5, 0.6) is 5.75 Å². The van der Waals surface area contributed by atoms with Gasteiger partial charge in [0, 0.05) is 44.8 Å². The SMILES string of the molecule is COc1ccccc1N1CCN(CCNC(=O)c2cccc(C#N)c2)CC1. The zero-order valence-electron chi connectivity index (χ0n) is 15.5. The second-order valence-electron chi connectivity index (χ2n) is 6.45. The van der Waals surface area contributed by atoms with Crippen molar-refractivity contribution in [1.82, 2.24) is 10.2 Å². The van der Waals surface area contributed by atoms with Crippen LogP contribution in [0.1, 0.15) is 15.9 Å². The largest absolute Gasteiger partial charge is 0.495 e. The third kappa shape index (κ3) is 4.78. The van der Waals surface area contributed by atoms with Crippen LogP contribution in [0, 0.1) is 11.3 Å². The summed E-state index contributed by atoms with van der Waals surface area (Å²) in [7, 11) is 1.70. The molecule has 1 fully saturated rings. The van der Waals surface area contributed by atoms with Gasteiger partial charge in [-0.1, -0.05) is 18.2 Å². The molecule has 3 rings (SSSR count). The minimum atomic E-state index is -0.139. The molecule has 6 nitrogen and oxygen atoms in total. The molecule has 2 aromatic carbocycles. The van der Waals surface area contributed by atoms with Gasteiger partial charge in [0.2, 0.25) is 0 Å². The van der Waals surface area contributed by atoms with Gasteiger partial charge in [0.15, 0.2) is 0 Å². The molecular formula is C21H24N4O2. The van der Waals surface area contributed by atoms with E-state index in [2.05, 4.69) is 27.3 Å². The third-order valence-electron chi connectivity index (χ3n) is 4.77. The highest BCUT2D eigenvalue weighted by atomic mass is 16.5. The highest BCUT2D eigenvalue weighted by Crippen LogP contribution is 2.28. The van der Waals surface area contributed by atoms with Gasteiger partial charge in [-0.2, -0.15) is 5.26 Å². The Bertz CT molecular complexity index is 823. The van der Waals surface area contributed by atoms with Crippen molar-refractivity contribution in [3.05, 3.63) is 59.7 Å². The normalized spacial score (nSPS) is 14.4. The predicted molar refractivity (Wildman–Crippen MR) is 105 cm³/mol. The van der Waals surface area contributed by atoms with Crippen LogP contribution in [0.3, 0.4) is 0 Å². The monoisotopic (exact) mass is 364 g/mol. The molecule has 1 N–H and O–H groups in total. The number of nitriles is 1. The molecule has 1 amide bonds. The summed E-state index contributed by atoms with van der Waals surface area (Å²) in [5.41, 5.74) is 2.15. The van der Waals surface area contributed by atoms with Gasteiger partial charge in [-0.15, -0.1) is 0 Å². The maximum Gasteiger partial charge on any atom is 0.251 e. The van der Waals surface area contributed by atoms with E-state index >= 15 is 0 Å². The Morgan fingerprint density at radius 2 is 1.93 bits per heavy atom. The average Bonchev–Trinajstić information content (AvgIpc) is 2.74. The number of piperazine rings is 1. The molecule has 0 bridgehead atoms. The molecular weight excluding hydrogens is 340 g/mol. The van der Waals surface area contributed by atoms with E-state index in [0.29, 0.717) is 17.7 Å². The van der Waals surface area contributed by atoms with Crippen LogP contribution in [0.15, 0.2) is 48.5 Å². The van der Waals surface area contributed by atoms with E-state index in [4.69, 9.17) is 10.00 Å². The summed E-state index contributed by atoms with van der Waals surface area (Å²) in [5, 5.41) is 11.9. The van der Waals surface area contributed by atoms with E-state index in [9.17, 15) is 4.79 Å². The van der Waals surface area contributed by atoms with Gasteiger partial charge in [0.1, 0.15) is 5.75 Å². The first-order chi connectivity index (χ1) is 13.2. The molecule has 1 heterocycles. The summed E-state index contributed by atoms with van der Waals surface area (Å²) >= 11 is 0. The molecule has 0 aromatic heterocycles. The Kier molecular flexibility index (Phi) is 6.29. The summed E-state index contributed by atoms with van der Waals surface area (Å²) in [4.78, 5) is 16.9. The third-order valence-corrected chi connectivity index (χ3v) is 4.77. The molecule has 140 valence electrons. The van der Waals surface area contributed by atoms with Gasteiger partial charge >= 0.3 is 0 Å². The summed E-state index contributed by atoms with van der Waals surface area (Å²) in [5.74, 6) is 0.762. The number of anilines is 1. The zero-order chi connectivity index (χ0) is 19.1. The Hall–Kier alpha value is -3.04. The lowest BCUT2D eigenvalue weighted by molar-refractivity contribution is 0.0947. The summed E-state index contributed by atoms with van der Waals surface area (Å²) in [6.07, 6.45) is 0. The lowest BCUT2D eigenvalue weighted by atomic mass is 10.1. The maximum absolute atomic E-state index is 12.2. The second-order valence-corrected chi connectivity index (χ2v) is 6.45. The maximum atomic E-state index is 12.2. The average molecular weight is 364 g/mol.